The summed E-state index contributed by atoms with van der Waals surface area (Å²) in [5.41, 5.74) is 5.58. The van der Waals surface area contributed by atoms with Gasteiger partial charge in [-0.05, 0) is 63.6 Å². The smallest absolute Gasteiger partial charge is 0.308 e. The first-order valence-corrected chi connectivity index (χ1v) is 12.4. The van der Waals surface area contributed by atoms with E-state index in [4.69, 9.17) is 16.6 Å². The third-order valence-electron chi connectivity index (χ3n) is 6.32. The van der Waals surface area contributed by atoms with Crippen LogP contribution in [-0.4, -0.2) is 31.6 Å². The zero-order valence-corrected chi connectivity index (χ0v) is 21.3. The van der Waals surface area contributed by atoms with Gasteiger partial charge in [-0.1, -0.05) is 29.8 Å². The first-order chi connectivity index (χ1) is 16.7. The number of benzene rings is 2. The van der Waals surface area contributed by atoms with Crippen LogP contribution in [0.15, 0.2) is 53.5 Å². The highest BCUT2D eigenvalue weighted by atomic mass is 35.5. The van der Waals surface area contributed by atoms with Gasteiger partial charge in [-0.25, -0.2) is 0 Å². The number of halogens is 1. The summed E-state index contributed by atoms with van der Waals surface area (Å²) in [5, 5.41) is 23.5. The maximum atomic E-state index is 12.0. The first kappa shape index (κ1) is 23.3. The predicted molar refractivity (Wildman–Crippen MR) is 140 cm³/mol. The van der Waals surface area contributed by atoms with Gasteiger partial charge in [0.05, 0.1) is 11.6 Å². The molecule has 2 N–H and O–H groups in total. The number of fused-ring (bicyclic) bond motifs is 3. The van der Waals surface area contributed by atoms with Crippen LogP contribution in [0.2, 0.25) is 5.02 Å². The molecular weight excluding hydrogens is 482 g/mol. The standard InChI is InChI=1S/C26H24ClN5O2S/c1-13-15(3)35-25-21(13)23(29-22(14(2)26(33)34)24-31-30-16(4)32(24)25)17-8-10-19(11-9-17)28-20-7-5-6-18(27)12-20/h5-12,14,22,28H,1-4H3,(H,33,34)/t14?,22-/m0/s1. The number of rotatable bonds is 5. The first-order valence-electron chi connectivity index (χ1n) is 11.2. The Kier molecular flexibility index (Phi) is 5.94. The molecule has 2 atom stereocenters. The van der Waals surface area contributed by atoms with Gasteiger partial charge in [-0.3, -0.25) is 14.4 Å². The largest absolute Gasteiger partial charge is 0.481 e. The number of carbonyl (C=O) groups is 1. The molecule has 9 heteroatoms. The van der Waals surface area contributed by atoms with E-state index in [-0.39, 0.29) is 0 Å². The van der Waals surface area contributed by atoms with Gasteiger partial charge >= 0.3 is 5.97 Å². The number of hydrogen-bond donors (Lipinski definition) is 2. The second kappa shape index (κ2) is 8.94. The highest BCUT2D eigenvalue weighted by Crippen LogP contribution is 2.40. The number of aromatic nitrogens is 3. The Labute approximate surface area is 212 Å². The minimum absolute atomic E-state index is 0.550. The molecule has 0 spiro atoms. The average Bonchev–Trinajstić information content (AvgIpc) is 3.29. The monoisotopic (exact) mass is 505 g/mol. The van der Waals surface area contributed by atoms with Gasteiger partial charge in [0.2, 0.25) is 0 Å². The third kappa shape index (κ3) is 4.13. The van der Waals surface area contributed by atoms with Crippen LogP contribution in [0.3, 0.4) is 0 Å². The van der Waals surface area contributed by atoms with Crippen molar-refractivity contribution in [3.63, 3.8) is 0 Å². The lowest BCUT2D eigenvalue weighted by atomic mass is 9.98. The summed E-state index contributed by atoms with van der Waals surface area (Å²) in [7, 11) is 0. The zero-order valence-electron chi connectivity index (χ0n) is 19.7. The molecule has 178 valence electrons. The van der Waals surface area contributed by atoms with Gasteiger partial charge in [-0.2, -0.15) is 0 Å². The van der Waals surface area contributed by atoms with Crippen molar-refractivity contribution in [3.8, 4) is 5.00 Å². The Bertz CT molecular complexity index is 1470. The Balaban J connectivity index is 1.63. The normalized spacial score (nSPS) is 15.6. The van der Waals surface area contributed by atoms with Crippen molar-refractivity contribution >= 4 is 46.0 Å². The van der Waals surface area contributed by atoms with Gasteiger partial charge in [-0.15, -0.1) is 21.5 Å². The summed E-state index contributed by atoms with van der Waals surface area (Å²) in [6.07, 6.45) is 0. The van der Waals surface area contributed by atoms with Crippen molar-refractivity contribution in [2.24, 2.45) is 10.9 Å². The van der Waals surface area contributed by atoms with Gasteiger partial charge in [0.25, 0.3) is 0 Å². The van der Waals surface area contributed by atoms with Crippen molar-refractivity contribution in [2.75, 3.05) is 5.32 Å². The number of hydrogen-bond acceptors (Lipinski definition) is 6. The van der Waals surface area contributed by atoms with Gasteiger partial charge in [0, 0.05) is 32.4 Å². The summed E-state index contributed by atoms with van der Waals surface area (Å²) in [4.78, 5) is 18.2. The van der Waals surface area contributed by atoms with E-state index in [9.17, 15) is 9.90 Å². The molecule has 0 saturated carbocycles. The molecule has 0 amide bonds. The van der Waals surface area contributed by atoms with Crippen LogP contribution < -0.4 is 5.32 Å². The average molecular weight is 506 g/mol. The molecule has 2 aromatic heterocycles. The lowest BCUT2D eigenvalue weighted by Gasteiger charge is -2.16. The number of aliphatic carboxylic acids is 1. The molecule has 5 rings (SSSR count). The van der Waals surface area contributed by atoms with E-state index in [1.165, 1.54) is 4.88 Å². The summed E-state index contributed by atoms with van der Waals surface area (Å²) in [6, 6.07) is 14.8. The molecular formula is C26H24ClN5O2S. The number of thiophene rings is 1. The fourth-order valence-electron chi connectivity index (χ4n) is 4.26. The molecule has 4 aromatic rings. The SMILES string of the molecule is Cc1sc2c(c1C)C(c1ccc(Nc3cccc(Cl)c3)cc1)=N[C@@H](C(C)C(=O)O)c1nnc(C)n1-2. The molecule has 1 unspecified atom stereocenters. The minimum atomic E-state index is -0.926. The summed E-state index contributed by atoms with van der Waals surface area (Å²) >= 11 is 7.76. The highest BCUT2D eigenvalue weighted by molar-refractivity contribution is 7.15. The van der Waals surface area contributed by atoms with Crippen LogP contribution >= 0.6 is 22.9 Å². The quantitative estimate of drug-likeness (QED) is 0.334. The molecule has 0 fully saturated rings. The minimum Gasteiger partial charge on any atom is -0.481 e. The van der Waals surface area contributed by atoms with Crippen molar-refractivity contribution in [3.05, 3.63) is 86.8 Å². The molecule has 1 aliphatic rings. The molecule has 0 bridgehead atoms. The van der Waals surface area contributed by atoms with Crippen LogP contribution in [-0.2, 0) is 4.79 Å². The lowest BCUT2D eigenvalue weighted by molar-refractivity contribution is -0.141. The molecule has 1 aliphatic heterocycles. The third-order valence-corrected chi connectivity index (χ3v) is 7.75. The molecule has 35 heavy (non-hydrogen) atoms. The second-order valence-electron chi connectivity index (χ2n) is 8.67. The maximum Gasteiger partial charge on any atom is 0.308 e. The Morgan fingerprint density at radius 3 is 2.54 bits per heavy atom. The lowest BCUT2D eigenvalue weighted by Crippen LogP contribution is -2.21. The zero-order chi connectivity index (χ0) is 24.9. The molecule has 3 heterocycles. The molecule has 0 radical (unpaired) electrons. The summed E-state index contributed by atoms with van der Waals surface area (Å²) in [5.74, 6) is -0.437. The van der Waals surface area contributed by atoms with Crippen LogP contribution in [0.25, 0.3) is 5.00 Å². The molecule has 0 aliphatic carbocycles. The number of anilines is 2. The van der Waals surface area contributed by atoms with Crippen LogP contribution in [0.5, 0.6) is 0 Å². The topological polar surface area (TPSA) is 92.4 Å². The molecule has 0 saturated heterocycles. The van der Waals surface area contributed by atoms with E-state index in [2.05, 4.69) is 29.4 Å². The molecule has 2 aromatic carbocycles. The molecule has 7 nitrogen and oxygen atoms in total. The van der Waals surface area contributed by atoms with E-state index < -0.39 is 17.9 Å². The van der Waals surface area contributed by atoms with Crippen LogP contribution in [0.1, 0.15) is 46.2 Å². The van der Waals surface area contributed by atoms with Gasteiger partial charge in [0.1, 0.15) is 16.9 Å². The number of aryl methyl sites for hydroxylation is 2. The van der Waals surface area contributed by atoms with E-state index >= 15 is 0 Å². The highest BCUT2D eigenvalue weighted by Gasteiger charge is 2.36. The van der Waals surface area contributed by atoms with Crippen molar-refractivity contribution in [1.82, 2.24) is 14.8 Å². The van der Waals surface area contributed by atoms with Gasteiger partial charge < -0.3 is 10.4 Å². The summed E-state index contributed by atoms with van der Waals surface area (Å²) < 4.78 is 1.97. The van der Waals surface area contributed by atoms with Crippen LogP contribution in [0, 0.1) is 26.7 Å². The number of nitrogens with one attached hydrogen (secondary N) is 1. The Morgan fingerprint density at radius 1 is 1.11 bits per heavy atom. The van der Waals surface area contributed by atoms with Crippen molar-refractivity contribution < 1.29 is 9.90 Å². The maximum absolute atomic E-state index is 12.0. The van der Waals surface area contributed by atoms with E-state index in [1.807, 2.05) is 60.0 Å². The fourth-order valence-corrected chi connectivity index (χ4v) is 5.67. The van der Waals surface area contributed by atoms with E-state index in [0.29, 0.717) is 16.7 Å². The number of carboxylic acids is 1. The fraction of sp³-hybridized carbons (Fsp3) is 0.231. The van der Waals surface area contributed by atoms with Gasteiger partial charge in [0.15, 0.2) is 5.82 Å². The summed E-state index contributed by atoms with van der Waals surface area (Å²) in [6.45, 7) is 7.71. The number of carboxylic acid groups (broad SMARTS) is 1. The Morgan fingerprint density at radius 2 is 1.86 bits per heavy atom. The van der Waals surface area contributed by atoms with Crippen molar-refractivity contribution in [1.29, 1.82) is 0 Å². The van der Waals surface area contributed by atoms with Crippen LogP contribution in [0.4, 0.5) is 11.4 Å². The van der Waals surface area contributed by atoms with E-state index in [1.54, 1.807) is 18.3 Å². The van der Waals surface area contributed by atoms with Crippen molar-refractivity contribution in [2.45, 2.75) is 33.7 Å². The van der Waals surface area contributed by atoms with E-state index in [0.717, 1.165) is 38.8 Å². The number of aliphatic imine (C=N–C) groups is 1. The number of nitrogens with zero attached hydrogens (tertiary/aromatic N) is 4. The predicted octanol–water partition coefficient (Wildman–Crippen LogP) is 6.26. The Hall–Kier alpha value is -3.49. The second-order valence-corrected chi connectivity index (χ2v) is 10.3.